The molecule has 0 aromatic heterocycles. The van der Waals surface area contributed by atoms with Crippen LogP contribution in [0.3, 0.4) is 0 Å². The van der Waals surface area contributed by atoms with E-state index in [2.05, 4.69) is 17.6 Å². The molecule has 3 amide bonds. The van der Waals surface area contributed by atoms with E-state index < -0.39 is 16.8 Å². The first-order valence-corrected chi connectivity index (χ1v) is 10.8. The Labute approximate surface area is 170 Å². The number of rotatable bonds is 7. The maximum absolute atomic E-state index is 13.1. The molecule has 1 saturated heterocycles. The van der Waals surface area contributed by atoms with E-state index in [-0.39, 0.29) is 23.1 Å². The number of carbonyl (C=O) groups excluding carboxylic acids is 3. The Morgan fingerprint density at radius 1 is 1.25 bits per heavy atom. The molecule has 1 aromatic rings. The van der Waals surface area contributed by atoms with Crippen LogP contribution in [0.15, 0.2) is 24.3 Å². The second-order valence-corrected chi connectivity index (χ2v) is 9.74. The van der Waals surface area contributed by atoms with Crippen LogP contribution in [-0.4, -0.2) is 46.0 Å². The number of thioether (sulfide) groups is 1. The number of benzene rings is 1. The number of nitrogens with one attached hydrogen (secondary N) is 2. The Hall–Kier alpha value is -2.02. The first-order valence-electron chi connectivity index (χ1n) is 9.95. The van der Waals surface area contributed by atoms with Gasteiger partial charge in [-0.3, -0.25) is 14.4 Å². The van der Waals surface area contributed by atoms with Gasteiger partial charge in [0, 0.05) is 16.9 Å². The zero-order valence-corrected chi connectivity index (χ0v) is 17.8. The highest BCUT2D eigenvalue weighted by atomic mass is 32.2. The fraction of sp³-hybridized carbons (Fsp3) is 0.571. The van der Waals surface area contributed by atoms with Crippen molar-refractivity contribution >= 4 is 29.5 Å². The number of fused-ring (bicyclic) bond motifs is 3. The lowest BCUT2D eigenvalue weighted by Crippen LogP contribution is -2.56. The number of hydrogen-bond acceptors (Lipinski definition) is 4. The largest absolute Gasteiger partial charge is 0.354 e. The van der Waals surface area contributed by atoms with Crippen molar-refractivity contribution in [2.75, 3.05) is 6.54 Å². The smallest absolute Gasteiger partial charge is 0.256 e. The van der Waals surface area contributed by atoms with Gasteiger partial charge in [0.25, 0.3) is 5.91 Å². The summed E-state index contributed by atoms with van der Waals surface area (Å²) in [5.74, 6) is -0.589. The van der Waals surface area contributed by atoms with Crippen LogP contribution in [0.5, 0.6) is 0 Å². The van der Waals surface area contributed by atoms with Gasteiger partial charge in [0.05, 0.1) is 0 Å². The Morgan fingerprint density at radius 3 is 2.68 bits per heavy atom. The average Bonchev–Trinajstić information content (AvgIpc) is 3.08. The molecule has 6 nitrogen and oxygen atoms in total. The van der Waals surface area contributed by atoms with E-state index >= 15 is 0 Å². The Morgan fingerprint density at radius 2 is 1.96 bits per heavy atom. The van der Waals surface area contributed by atoms with Gasteiger partial charge in [-0.15, -0.1) is 11.8 Å². The Bertz CT molecular complexity index is 780. The number of amides is 3. The van der Waals surface area contributed by atoms with Crippen molar-refractivity contribution in [3.8, 4) is 0 Å². The average molecular weight is 404 g/mol. The third-order valence-electron chi connectivity index (χ3n) is 5.38. The molecule has 3 unspecified atom stereocenters. The zero-order valence-electron chi connectivity index (χ0n) is 17.0. The second-order valence-electron chi connectivity index (χ2n) is 8.00. The molecule has 7 heteroatoms. The number of hydrogen-bond donors (Lipinski definition) is 2. The van der Waals surface area contributed by atoms with Crippen molar-refractivity contribution in [3.63, 3.8) is 0 Å². The van der Waals surface area contributed by atoms with Crippen LogP contribution in [0.4, 0.5) is 0 Å². The summed E-state index contributed by atoms with van der Waals surface area (Å²) >= 11 is 1.62. The molecule has 0 aliphatic carbocycles. The van der Waals surface area contributed by atoms with Crippen LogP contribution in [0.25, 0.3) is 0 Å². The summed E-state index contributed by atoms with van der Waals surface area (Å²) in [4.78, 5) is 40.0. The van der Waals surface area contributed by atoms with Crippen LogP contribution in [-0.2, 0) is 9.59 Å². The highest BCUT2D eigenvalue weighted by Crippen LogP contribution is 2.56. The van der Waals surface area contributed by atoms with Crippen LogP contribution >= 0.6 is 11.8 Å². The van der Waals surface area contributed by atoms with E-state index in [1.54, 1.807) is 23.6 Å². The molecule has 2 heterocycles. The highest BCUT2D eigenvalue weighted by molar-refractivity contribution is 8.01. The second kappa shape index (κ2) is 8.15. The summed E-state index contributed by atoms with van der Waals surface area (Å²) in [6.07, 6.45) is 3.08. The van der Waals surface area contributed by atoms with Crippen LogP contribution in [0, 0.1) is 0 Å². The molecule has 2 aliphatic heterocycles. The van der Waals surface area contributed by atoms with Gasteiger partial charge in [-0.05, 0) is 38.8 Å². The van der Waals surface area contributed by atoms with Gasteiger partial charge in [-0.25, -0.2) is 0 Å². The predicted molar refractivity (Wildman–Crippen MR) is 111 cm³/mol. The van der Waals surface area contributed by atoms with Gasteiger partial charge in [0.1, 0.15) is 17.5 Å². The first-order chi connectivity index (χ1) is 13.3. The molecule has 0 bridgehead atoms. The van der Waals surface area contributed by atoms with E-state index in [9.17, 15) is 14.4 Å². The van der Waals surface area contributed by atoms with Gasteiger partial charge < -0.3 is 15.5 Å². The molecule has 0 radical (unpaired) electrons. The summed E-state index contributed by atoms with van der Waals surface area (Å²) < 4.78 is -0.449. The van der Waals surface area contributed by atoms with E-state index in [0.29, 0.717) is 12.1 Å². The minimum Gasteiger partial charge on any atom is -0.354 e. The Kier molecular flexibility index (Phi) is 6.03. The summed E-state index contributed by atoms with van der Waals surface area (Å²) in [5, 5.41) is 5.52. The Balaban J connectivity index is 1.69. The molecule has 0 saturated carbocycles. The minimum atomic E-state index is -0.644. The zero-order chi connectivity index (χ0) is 20.5. The predicted octanol–water partition coefficient (Wildman–Crippen LogP) is 2.85. The highest BCUT2D eigenvalue weighted by Gasteiger charge is 2.57. The fourth-order valence-electron chi connectivity index (χ4n) is 3.90. The van der Waals surface area contributed by atoms with Gasteiger partial charge in [0.15, 0.2) is 0 Å². The lowest BCUT2D eigenvalue weighted by Gasteiger charge is -2.30. The van der Waals surface area contributed by atoms with Crippen molar-refractivity contribution < 1.29 is 14.4 Å². The normalized spacial score (nSPS) is 23.1. The van der Waals surface area contributed by atoms with Gasteiger partial charge >= 0.3 is 0 Å². The van der Waals surface area contributed by atoms with E-state index in [1.165, 1.54) is 0 Å². The molecule has 1 aromatic carbocycles. The topological polar surface area (TPSA) is 78.5 Å². The molecular weight excluding hydrogens is 374 g/mol. The molecule has 2 aliphatic rings. The van der Waals surface area contributed by atoms with Crippen molar-refractivity contribution in [1.29, 1.82) is 0 Å². The molecule has 2 N–H and O–H groups in total. The molecule has 152 valence electrons. The fourth-order valence-corrected chi connectivity index (χ4v) is 5.49. The van der Waals surface area contributed by atoms with Gasteiger partial charge in [-0.2, -0.15) is 0 Å². The summed E-state index contributed by atoms with van der Waals surface area (Å²) in [7, 11) is 0. The van der Waals surface area contributed by atoms with Crippen molar-refractivity contribution in [1.82, 2.24) is 15.5 Å². The summed E-state index contributed by atoms with van der Waals surface area (Å²) in [6.45, 7) is 8.36. The molecular formula is C21H29N3O3S. The van der Waals surface area contributed by atoms with Crippen LogP contribution in [0.1, 0.15) is 68.3 Å². The van der Waals surface area contributed by atoms with Gasteiger partial charge in [-0.1, -0.05) is 38.0 Å². The third kappa shape index (κ3) is 3.77. The molecule has 3 rings (SSSR count). The lowest BCUT2D eigenvalue weighted by atomic mass is 10.0. The van der Waals surface area contributed by atoms with Crippen LogP contribution in [0.2, 0.25) is 0 Å². The summed E-state index contributed by atoms with van der Waals surface area (Å²) in [6, 6.07) is 6.25. The lowest BCUT2D eigenvalue weighted by molar-refractivity contribution is -0.131. The first kappa shape index (κ1) is 20.7. The SMILES string of the molecule is CCCCCNC(=O)C(C)NC(=O)C1N2C(=O)c3ccccc3C2SC1(C)C. The standard InChI is InChI=1S/C21H29N3O3S/c1-5-6-9-12-22-17(25)13(2)23-18(26)16-21(3,4)28-20-15-11-8-7-10-14(15)19(27)24(16)20/h7-8,10-11,13,16,20H,5-6,9,12H2,1-4H3,(H,22,25)(H,23,26). The van der Waals surface area contributed by atoms with E-state index in [4.69, 9.17) is 0 Å². The van der Waals surface area contributed by atoms with Crippen molar-refractivity contribution in [3.05, 3.63) is 35.4 Å². The van der Waals surface area contributed by atoms with Crippen LogP contribution < -0.4 is 10.6 Å². The minimum absolute atomic E-state index is 0.115. The van der Waals surface area contributed by atoms with E-state index in [1.807, 2.05) is 38.1 Å². The number of nitrogens with zero attached hydrogens (tertiary/aromatic N) is 1. The third-order valence-corrected chi connectivity index (χ3v) is 6.91. The van der Waals surface area contributed by atoms with Crippen molar-refractivity contribution in [2.24, 2.45) is 0 Å². The number of carbonyl (C=O) groups is 3. The molecule has 28 heavy (non-hydrogen) atoms. The molecule has 3 atom stereocenters. The number of unbranched alkanes of at least 4 members (excludes halogenated alkanes) is 2. The molecule has 0 spiro atoms. The van der Waals surface area contributed by atoms with Gasteiger partial charge in [0.2, 0.25) is 11.8 Å². The quantitative estimate of drug-likeness (QED) is 0.686. The maximum Gasteiger partial charge on any atom is 0.256 e. The van der Waals surface area contributed by atoms with Crippen molar-refractivity contribution in [2.45, 2.75) is 69.2 Å². The van der Waals surface area contributed by atoms with E-state index in [0.717, 1.165) is 24.8 Å². The monoisotopic (exact) mass is 403 g/mol. The summed E-state index contributed by atoms with van der Waals surface area (Å²) in [5.41, 5.74) is 1.62. The molecule has 1 fully saturated rings. The maximum atomic E-state index is 13.1.